The van der Waals surface area contributed by atoms with E-state index in [9.17, 15) is 4.79 Å². The fraction of sp³-hybridized carbons (Fsp3) is 0.556. The van der Waals surface area contributed by atoms with Gasteiger partial charge in [0.15, 0.2) is 0 Å². The number of carbonyl (C=O) groups excluding carboxylic acids is 1. The van der Waals surface area contributed by atoms with Crippen LogP contribution < -0.4 is 5.32 Å². The molecule has 1 aliphatic carbocycles. The van der Waals surface area contributed by atoms with Crippen LogP contribution in [0, 0.1) is 0 Å². The zero-order valence-corrected chi connectivity index (χ0v) is 13.8. The first-order valence-corrected chi connectivity index (χ1v) is 8.93. The molecule has 1 saturated heterocycles. The smallest absolute Gasteiger partial charge is 0.318 e. The molecule has 0 bridgehead atoms. The van der Waals surface area contributed by atoms with Crippen LogP contribution in [0.3, 0.4) is 0 Å². The minimum Gasteiger partial charge on any atom is -0.467 e. The molecule has 6 heteroatoms. The van der Waals surface area contributed by atoms with E-state index in [1.807, 2.05) is 17.0 Å². The summed E-state index contributed by atoms with van der Waals surface area (Å²) in [6.45, 7) is 1.26. The van der Waals surface area contributed by atoms with Gasteiger partial charge in [0.1, 0.15) is 5.76 Å². The standard InChI is InChI=1S/C18H24N4O2/c23-18(19-12-14-11-15(21-20-14)13-7-8-13)22-9-3-1-2-5-16(22)17-6-4-10-24-17/h4,6,10-11,13,16H,1-3,5,7-9,12H2,(H,19,23)(H,20,21)/t16-/m0/s1. The molecule has 1 aliphatic heterocycles. The van der Waals surface area contributed by atoms with E-state index >= 15 is 0 Å². The Bertz CT molecular complexity index is 675. The quantitative estimate of drug-likeness (QED) is 0.898. The average Bonchev–Trinajstić information content (AvgIpc) is 3.19. The predicted octanol–water partition coefficient (Wildman–Crippen LogP) is 3.71. The largest absolute Gasteiger partial charge is 0.467 e. The van der Waals surface area contributed by atoms with Gasteiger partial charge in [0, 0.05) is 12.5 Å². The number of urea groups is 1. The van der Waals surface area contributed by atoms with Gasteiger partial charge in [0.25, 0.3) is 0 Å². The van der Waals surface area contributed by atoms with Gasteiger partial charge in [-0.05, 0) is 43.9 Å². The Morgan fingerprint density at radius 3 is 3.04 bits per heavy atom. The van der Waals surface area contributed by atoms with E-state index in [-0.39, 0.29) is 12.1 Å². The summed E-state index contributed by atoms with van der Waals surface area (Å²) in [4.78, 5) is 14.6. The van der Waals surface area contributed by atoms with Crippen molar-refractivity contribution < 1.29 is 9.21 Å². The number of nitrogens with one attached hydrogen (secondary N) is 2. The monoisotopic (exact) mass is 328 g/mol. The number of aromatic nitrogens is 2. The maximum absolute atomic E-state index is 12.7. The second kappa shape index (κ2) is 6.71. The van der Waals surface area contributed by atoms with Gasteiger partial charge in [-0.15, -0.1) is 0 Å². The first-order chi connectivity index (χ1) is 11.8. The molecule has 6 nitrogen and oxygen atoms in total. The van der Waals surface area contributed by atoms with Crippen LogP contribution in [0.2, 0.25) is 0 Å². The van der Waals surface area contributed by atoms with Crippen LogP contribution in [0.15, 0.2) is 28.9 Å². The van der Waals surface area contributed by atoms with Crippen molar-refractivity contribution in [2.75, 3.05) is 6.54 Å². The third kappa shape index (κ3) is 3.32. The summed E-state index contributed by atoms with van der Waals surface area (Å²) in [6, 6.07) is 5.93. The van der Waals surface area contributed by atoms with Crippen LogP contribution in [-0.2, 0) is 6.54 Å². The number of hydrogen-bond donors (Lipinski definition) is 2. The minimum absolute atomic E-state index is 0.0270. The summed E-state index contributed by atoms with van der Waals surface area (Å²) in [5.74, 6) is 1.50. The highest BCUT2D eigenvalue weighted by molar-refractivity contribution is 5.74. The zero-order valence-electron chi connectivity index (χ0n) is 13.8. The Kier molecular flexibility index (Phi) is 4.28. The number of hydrogen-bond acceptors (Lipinski definition) is 3. The van der Waals surface area contributed by atoms with Crippen molar-refractivity contribution in [2.24, 2.45) is 0 Å². The minimum atomic E-state index is -0.0270. The zero-order chi connectivity index (χ0) is 16.4. The van der Waals surface area contributed by atoms with Crippen LogP contribution in [0.5, 0.6) is 0 Å². The van der Waals surface area contributed by atoms with Crippen molar-refractivity contribution in [2.45, 2.75) is 57.0 Å². The molecule has 2 N–H and O–H groups in total. The summed E-state index contributed by atoms with van der Waals surface area (Å²) >= 11 is 0. The van der Waals surface area contributed by atoms with Crippen molar-refractivity contribution in [3.8, 4) is 0 Å². The molecule has 0 radical (unpaired) electrons. The second-order valence-electron chi connectivity index (χ2n) is 6.82. The van der Waals surface area contributed by atoms with Crippen molar-refractivity contribution in [3.63, 3.8) is 0 Å². The molecule has 2 aromatic heterocycles. The van der Waals surface area contributed by atoms with E-state index < -0.39 is 0 Å². The lowest BCUT2D eigenvalue weighted by Gasteiger charge is -2.28. The highest BCUT2D eigenvalue weighted by Crippen LogP contribution is 2.39. The fourth-order valence-electron chi connectivity index (χ4n) is 3.46. The molecule has 1 atom stereocenters. The first-order valence-electron chi connectivity index (χ1n) is 8.93. The van der Waals surface area contributed by atoms with Gasteiger partial charge in [-0.3, -0.25) is 5.10 Å². The van der Waals surface area contributed by atoms with Gasteiger partial charge in [-0.25, -0.2) is 4.79 Å². The fourth-order valence-corrected chi connectivity index (χ4v) is 3.46. The lowest BCUT2D eigenvalue weighted by molar-refractivity contribution is 0.166. The van der Waals surface area contributed by atoms with Gasteiger partial charge in [0.2, 0.25) is 0 Å². The Hall–Kier alpha value is -2.24. The number of furan rings is 1. The molecule has 128 valence electrons. The molecule has 0 unspecified atom stereocenters. The number of rotatable bonds is 4. The lowest BCUT2D eigenvalue weighted by Crippen LogP contribution is -2.41. The highest BCUT2D eigenvalue weighted by Gasteiger charge is 2.29. The second-order valence-corrected chi connectivity index (χ2v) is 6.82. The van der Waals surface area contributed by atoms with Crippen molar-refractivity contribution >= 4 is 6.03 Å². The summed E-state index contributed by atoms with van der Waals surface area (Å²) in [6.07, 6.45) is 8.43. The number of H-pyrrole nitrogens is 1. The van der Waals surface area contributed by atoms with Crippen LogP contribution >= 0.6 is 0 Å². The number of nitrogens with zero attached hydrogens (tertiary/aromatic N) is 2. The molecule has 2 aromatic rings. The Morgan fingerprint density at radius 2 is 2.25 bits per heavy atom. The molecule has 2 fully saturated rings. The molecule has 1 saturated carbocycles. The first kappa shape index (κ1) is 15.3. The molecule has 4 rings (SSSR count). The predicted molar refractivity (Wildman–Crippen MR) is 89.4 cm³/mol. The molecule has 2 amide bonds. The summed E-state index contributed by atoms with van der Waals surface area (Å²) in [7, 11) is 0. The highest BCUT2D eigenvalue weighted by atomic mass is 16.3. The maximum atomic E-state index is 12.7. The van der Waals surface area contributed by atoms with Gasteiger partial charge >= 0.3 is 6.03 Å². The third-order valence-corrected chi connectivity index (χ3v) is 4.96. The SMILES string of the molecule is O=C(NCc1cc(C2CC2)n[nH]1)N1CCCCC[C@H]1c1ccco1. The van der Waals surface area contributed by atoms with Gasteiger partial charge in [-0.1, -0.05) is 12.8 Å². The molecule has 0 spiro atoms. The third-order valence-electron chi connectivity index (χ3n) is 4.96. The van der Waals surface area contributed by atoms with Crippen LogP contribution in [-0.4, -0.2) is 27.7 Å². The summed E-state index contributed by atoms with van der Waals surface area (Å²) in [5.41, 5.74) is 2.09. The van der Waals surface area contributed by atoms with E-state index in [4.69, 9.17) is 4.42 Å². The lowest BCUT2D eigenvalue weighted by atomic mass is 10.1. The van der Waals surface area contributed by atoms with Gasteiger partial charge in [-0.2, -0.15) is 5.10 Å². The van der Waals surface area contributed by atoms with E-state index in [0.29, 0.717) is 12.5 Å². The van der Waals surface area contributed by atoms with Crippen molar-refractivity contribution in [3.05, 3.63) is 41.6 Å². The summed E-state index contributed by atoms with van der Waals surface area (Å²) in [5, 5.41) is 10.4. The van der Waals surface area contributed by atoms with E-state index in [0.717, 1.165) is 49.4 Å². The van der Waals surface area contributed by atoms with E-state index in [1.54, 1.807) is 6.26 Å². The molecule has 0 aromatic carbocycles. The van der Waals surface area contributed by atoms with Crippen LogP contribution in [0.25, 0.3) is 0 Å². The molecular weight excluding hydrogens is 304 g/mol. The topological polar surface area (TPSA) is 74.2 Å². The number of likely N-dealkylation sites (tertiary alicyclic amines) is 1. The molecule has 3 heterocycles. The van der Waals surface area contributed by atoms with Gasteiger partial charge in [0.05, 0.1) is 30.2 Å². The average molecular weight is 328 g/mol. The van der Waals surface area contributed by atoms with Crippen molar-refractivity contribution in [1.82, 2.24) is 20.4 Å². The normalized spacial score (nSPS) is 21.5. The number of aromatic amines is 1. The van der Waals surface area contributed by atoms with Crippen LogP contribution in [0.4, 0.5) is 4.79 Å². The number of carbonyl (C=O) groups is 1. The number of amides is 2. The maximum Gasteiger partial charge on any atom is 0.318 e. The van der Waals surface area contributed by atoms with Crippen molar-refractivity contribution in [1.29, 1.82) is 0 Å². The van der Waals surface area contributed by atoms with E-state index in [1.165, 1.54) is 12.8 Å². The Labute approximate surface area is 141 Å². The van der Waals surface area contributed by atoms with Crippen LogP contribution in [0.1, 0.15) is 67.6 Å². The van der Waals surface area contributed by atoms with E-state index in [2.05, 4.69) is 21.6 Å². The Morgan fingerprint density at radius 1 is 1.33 bits per heavy atom. The Balaban J connectivity index is 1.40. The summed E-state index contributed by atoms with van der Waals surface area (Å²) < 4.78 is 5.57. The van der Waals surface area contributed by atoms with Gasteiger partial charge < -0.3 is 14.6 Å². The molecule has 24 heavy (non-hydrogen) atoms. The molecular formula is C18H24N4O2. The molecule has 2 aliphatic rings.